The lowest BCUT2D eigenvalue weighted by Crippen LogP contribution is -2.11. The molecule has 0 amide bonds. The zero-order valence-corrected chi connectivity index (χ0v) is 37.7. The molecule has 0 radical (unpaired) electrons. The summed E-state index contributed by atoms with van der Waals surface area (Å²) in [6.45, 7) is 11.5. The molecular weight excluding hydrogens is 851 g/mol. The Bertz CT molecular complexity index is 2700. The molecule has 5 aromatic carbocycles. The van der Waals surface area contributed by atoms with Crippen LogP contribution in [-0.2, 0) is 25.6 Å². The van der Waals surface area contributed by atoms with Crippen molar-refractivity contribution < 1.29 is 47.6 Å². The first-order valence-corrected chi connectivity index (χ1v) is 22.5. The summed E-state index contributed by atoms with van der Waals surface area (Å²) in [5, 5.41) is 10.9. The number of carbonyl (C=O) groups is 4. The summed E-state index contributed by atoms with van der Waals surface area (Å²) in [6.07, 6.45) is 12.2. The minimum Gasteiger partial charge on any atom is -0.494 e. The molecule has 6 rings (SSSR count). The highest BCUT2D eigenvalue weighted by atomic mass is 16.5. The number of aryl methyl sites for hydroxylation is 1. The van der Waals surface area contributed by atoms with Gasteiger partial charge in [-0.3, -0.25) is 0 Å². The molecule has 0 aliphatic rings. The van der Waals surface area contributed by atoms with E-state index in [1.54, 1.807) is 60.8 Å². The van der Waals surface area contributed by atoms with E-state index in [0.29, 0.717) is 54.6 Å². The van der Waals surface area contributed by atoms with E-state index in [4.69, 9.17) is 28.4 Å². The SMILES string of the molecule is C=CC(=O)OCCCCCCOc1ccc(C(=O)Oc2ccc(OC(=O)c3ccc(OCCCCCCOC(=O)C=C)cc3)c(/C=N/N=C/c3ccc4c(c3)c3ccccc3n4CC)c2)cc1. The molecule has 67 heavy (non-hydrogen) atoms. The molecule has 1 aromatic heterocycles. The van der Waals surface area contributed by atoms with E-state index in [1.807, 2.05) is 18.2 Å². The fraction of sp³-hybridized carbons (Fsp3) is 0.259. The number of fused-ring (bicyclic) bond motifs is 3. The second-order valence-electron chi connectivity index (χ2n) is 15.3. The monoisotopic (exact) mass is 905 g/mol. The molecule has 0 unspecified atom stereocenters. The van der Waals surface area contributed by atoms with Gasteiger partial charge in [0, 0.05) is 46.1 Å². The predicted molar refractivity (Wildman–Crippen MR) is 260 cm³/mol. The Kier molecular flexibility index (Phi) is 18.6. The van der Waals surface area contributed by atoms with Crippen molar-refractivity contribution in [3.05, 3.63) is 157 Å². The lowest BCUT2D eigenvalue weighted by molar-refractivity contribution is -0.138. The number of rotatable bonds is 26. The molecule has 0 saturated heterocycles. The highest BCUT2D eigenvalue weighted by molar-refractivity contribution is 6.09. The number of esters is 4. The van der Waals surface area contributed by atoms with Gasteiger partial charge in [-0.1, -0.05) is 37.4 Å². The van der Waals surface area contributed by atoms with Gasteiger partial charge >= 0.3 is 23.9 Å². The largest absolute Gasteiger partial charge is 0.494 e. The molecule has 0 N–H and O–H groups in total. The molecule has 0 aliphatic carbocycles. The second-order valence-corrected chi connectivity index (χ2v) is 15.3. The van der Waals surface area contributed by atoms with Gasteiger partial charge in [-0.25, -0.2) is 19.2 Å². The maximum atomic E-state index is 13.4. The molecule has 1 heterocycles. The number of hydrogen-bond donors (Lipinski definition) is 0. The first-order chi connectivity index (χ1) is 32.8. The van der Waals surface area contributed by atoms with Crippen LogP contribution in [0.25, 0.3) is 21.8 Å². The number of benzene rings is 5. The first-order valence-electron chi connectivity index (χ1n) is 22.5. The molecule has 0 aliphatic heterocycles. The Hall–Kier alpha value is -7.80. The number of nitrogens with zero attached hydrogens (tertiary/aromatic N) is 3. The maximum Gasteiger partial charge on any atom is 0.343 e. The molecule has 0 fully saturated rings. The number of unbranched alkanes of at least 4 members (excludes halogenated alkanes) is 6. The van der Waals surface area contributed by atoms with Crippen molar-refractivity contribution in [1.29, 1.82) is 0 Å². The number of ether oxygens (including phenoxy) is 6. The molecule has 6 aromatic rings. The minimum absolute atomic E-state index is 0.176. The van der Waals surface area contributed by atoms with Crippen molar-refractivity contribution in [2.24, 2.45) is 10.2 Å². The minimum atomic E-state index is -0.611. The fourth-order valence-corrected chi connectivity index (χ4v) is 7.13. The van der Waals surface area contributed by atoms with E-state index in [0.717, 1.165) is 97.4 Å². The van der Waals surface area contributed by atoms with Gasteiger partial charge in [-0.05, 0) is 149 Å². The zero-order valence-electron chi connectivity index (χ0n) is 37.7. The normalized spacial score (nSPS) is 11.2. The molecule has 0 bridgehead atoms. The number of carbonyl (C=O) groups excluding carboxylic acids is 4. The van der Waals surface area contributed by atoms with E-state index < -0.39 is 23.9 Å². The van der Waals surface area contributed by atoms with E-state index in [1.165, 1.54) is 18.3 Å². The Morgan fingerprint density at radius 3 is 1.64 bits per heavy atom. The van der Waals surface area contributed by atoms with Gasteiger partial charge in [0.05, 0.1) is 50.0 Å². The second kappa shape index (κ2) is 25.6. The Labute approximate surface area is 390 Å². The van der Waals surface area contributed by atoms with Crippen LogP contribution in [0.2, 0.25) is 0 Å². The lowest BCUT2D eigenvalue weighted by atomic mass is 10.1. The average molecular weight is 906 g/mol. The van der Waals surface area contributed by atoms with Crippen LogP contribution in [0.5, 0.6) is 23.0 Å². The summed E-state index contributed by atoms with van der Waals surface area (Å²) < 4.78 is 35.6. The van der Waals surface area contributed by atoms with Crippen LogP contribution in [0.4, 0.5) is 0 Å². The van der Waals surface area contributed by atoms with Gasteiger partial charge in [0.1, 0.15) is 23.0 Å². The zero-order chi connectivity index (χ0) is 47.2. The highest BCUT2D eigenvalue weighted by Crippen LogP contribution is 2.30. The third-order valence-corrected chi connectivity index (χ3v) is 10.6. The van der Waals surface area contributed by atoms with Crippen molar-refractivity contribution in [1.82, 2.24) is 4.57 Å². The van der Waals surface area contributed by atoms with Crippen molar-refractivity contribution in [2.75, 3.05) is 26.4 Å². The quantitative estimate of drug-likeness (QED) is 0.0128. The van der Waals surface area contributed by atoms with E-state index >= 15 is 0 Å². The Morgan fingerprint density at radius 1 is 0.537 bits per heavy atom. The van der Waals surface area contributed by atoms with Gasteiger partial charge in [-0.2, -0.15) is 10.2 Å². The van der Waals surface area contributed by atoms with Gasteiger partial charge in [0.15, 0.2) is 0 Å². The van der Waals surface area contributed by atoms with E-state index in [2.05, 4.69) is 59.1 Å². The van der Waals surface area contributed by atoms with Crippen LogP contribution >= 0.6 is 0 Å². The number of aromatic nitrogens is 1. The van der Waals surface area contributed by atoms with Gasteiger partial charge in [-0.15, -0.1) is 0 Å². The lowest BCUT2D eigenvalue weighted by Gasteiger charge is -2.11. The molecule has 13 nitrogen and oxygen atoms in total. The molecule has 0 atom stereocenters. The van der Waals surface area contributed by atoms with Gasteiger partial charge in [0.25, 0.3) is 0 Å². The average Bonchev–Trinajstić information content (AvgIpc) is 3.68. The summed E-state index contributed by atoms with van der Waals surface area (Å²) >= 11 is 0. The van der Waals surface area contributed by atoms with Crippen molar-refractivity contribution >= 4 is 58.1 Å². The molecule has 0 saturated carbocycles. The summed E-state index contributed by atoms with van der Waals surface area (Å²) in [5.74, 6) is -0.439. The van der Waals surface area contributed by atoms with E-state index in [-0.39, 0.29) is 11.5 Å². The predicted octanol–water partition coefficient (Wildman–Crippen LogP) is 11.0. The van der Waals surface area contributed by atoms with Crippen molar-refractivity contribution in [3.63, 3.8) is 0 Å². The van der Waals surface area contributed by atoms with E-state index in [9.17, 15) is 19.2 Å². The van der Waals surface area contributed by atoms with Crippen LogP contribution in [-0.4, -0.2) is 67.3 Å². The van der Waals surface area contributed by atoms with Gasteiger partial charge in [0.2, 0.25) is 0 Å². The Balaban J connectivity index is 1.08. The molecule has 0 spiro atoms. The van der Waals surface area contributed by atoms with Crippen molar-refractivity contribution in [3.8, 4) is 23.0 Å². The van der Waals surface area contributed by atoms with Crippen LogP contribution in [0.3, 0.4) is 0 Å². The number of hydrogen-bond acceptors (Lipinski definition) is 12. The first kappa shape index (κ1) is 48.7. The fourth-order valence-electron chi connectivity index (χ4n) is 7.13. The van der Waals surface area contributed by atoms with Crippen LogP contribution in [0.15, 0.2) is 145 Å². The van der Waals surface area contributed by atoms with Crippen molar-refractivity contribution in [2.45, 2.75) is 64.8 Å². The highest BCUT2D eigenvalue weighted by Gasteiger charge is 2.16. The molecular formula is C54H55N3O10. The third kappa shape index (κ3) is 14.6. The van der Waals surface area contributed by atoms with Crippen LogP contribution in [0.1, 0.15) is 90.1 Å². The molecule has 346 valence electrons. The Morgan fingerprint density at radius 2 is 1.06 bits per heavy atom. The number of para-hydroxylation sites is 1. The summed E-state index contributed by atoms with van der Waals surface area (Å²) in [4.78, 5) is 49.0. The van der Waals surface area contributed by atoms with Crippen LogP contribution in [0, 0.1) is 0 Å². The topological polar surface area (TPSA) is 153 Å². The molecule has 13 heteroatoms. The summed E-state index contributed by atoms with van der Waals surface area (Å²) in [5.41, 5.74) is 4.11. The van der Waals surface area contributed by atoms with Gasteiger partial charge < -0.3 is 33.0 Å². The van der Waals surface area contributed by atoms with Crippen LogP contribution < -0.4 is 18.9 Å². The smallest absolute Gasteiger partial charge is 0.343 e. The summed E-state index contributed by atoms with van der Waals surface area (Å²) in [7, 11) is 0. The maximum absolute atomic E-state index is 13.4. The third-order valence-electron chi connectivity index (χ3n) is 10.6. The standard InChI is InChI=1S/C54H55N3O10/c1-4-51(58)64-33-15-9-7-13-31-62-43-24-20-40(21-25-43)53(60)66-45-28-30-50(67-54(61)41-22-26-44(27-23-41)63-32-14-8-10-16-34-65-52(59)5-2)42(36-45)38-56-55-37-39-19-29-49-47(35-39)46-17-11-12-18-48(46)57(49)6-3/h4-5,11-12,17-30,35-38H,1-2,6-10,13-16,31-34H2,3H3/b55-37+,56-38+. The summed E-state index contributed by atoms with van der Waals surface area (Å²) in [6, 6.07) is 32.4.